The molecule has 6 nitrogen and oxygen atoms in total. The lowest BCUT2D eigenvalue weighted by molar-refractivity contribution is -0.132. The number of nitrogens with zero attached hydrogens (tertiary/aromatic N) is 2. The van der Waals surface area contributed by atoms with E-state index in [1.807, 2.05) is 43.0 Å². The van der Waals surface area contributed by atoms with Crippen LogP contribution in [-0.2, 0) is 22.6 Å². The highest BCUT2D eigenvalue weighted by molar-refractivity contribution is 7.16. The Morgan fingerprint density at radius 1 is 1.40 bits per heavy atom. The molecule has 0 bridgehead atoms. The molecule has 30 heavy (non-hydrogen) atoms. The largest absolute Gasteiger partial charge is 0.497 e. The Morgan fingerprint density at radius 3 is 2.90 bits per heavy atom. The lowest BCUT2D eigenvalue weighted by Gasteiger charge is -2.26. The summed E-state index contributed by atoms with van der Waals surface area (Å²) in [7, 11) is 1.62. The number of fused-ring (bicyclic) bond motifs is 1. The molecule has 1 aliphatic heterocycles. The van der Waals surface area contributed by atoms with E-state index in [-0.39, 0.29) is 17.7 Å². The highest BCUT2D eigenvalue weighted by atomic mass is 32.1. The van der Waals surface area contributed by atoms with Crippen LogP contribution in [0.25, 0.3) is 0 Å². The minimum absolute atomic E-state index is 0.0161. The predicted octanol–water partition coefficient (Wildman–Crippen LogP) is 4.45. The van der Waals surface area contributed by atoms with E-state index in [0.29, 0.717) is 42.9 Å². The van der Waals surface area contributed by atoms with Gasteiger partial charge in [-0.25, -0.2) is 0 Å². The molecule has 158 valence electrons. The molecule has 1 unspecified atom stereocenters. The Labute approximate surface area is 181 Å². The molecule has 1 aliphatic rings. The number of hydrogen-bond acceptors (Lipinski definition) is 5. The molecule has 1 aromatic carbocycles. The highest BCUT2D eigenvalue weighted by Gasteiger charge is 2.27. The normalized spacial score (nSPS) is 13.9. The molecule has 0 radical (unpaired) electrons. The summed E-state index contributed by atoms with van der Waals surface area (Å²) in [6, 6.07) is 9.96. The predicted molar refractivity (Wildman–Crippen MR) is 118 cm³/mol. The fourth-order valence-electron chi connectivity index (χ4n) is 3.72. The van der Waals surface area contributed by atoms with Crippen molar-refractivity contribution in [1.82, 2.24) is 4.90 Å². The Balaban J connectivity index is 1.70. The Bertz CT molecular complexity index is 977. The van der Waals surface area contributed by atoms with Gasteiger partial charge in [-0.1, -0.05) is 26.0 Å². The first kappa shape index (κ1) is 21.8. The van der Waals surface area contributed by atoms with Gasteiger partial charge in [0.15, 0.2) is 0 Å². The zero-order chi connectivity index (χ0) is 21.7. The van der Waals surface area contributed by atoms with Crippen LogP contribution in [0.2, 0.25) is 0 Å². The van der Waals surface area contributed by atoms with Gasteiger partial charge in [-0.3, -0.25) is 9.59 Å². The number of benzene rings is 1. The van der Waals surface area contributed by atoms with Crippen molar-refractivity contribution < 1.29 is 14.3 Å². The van der Waals surface area contributed by atoms with Crippen LogP contribution >= 0.6 is 11.3 Å². The molecule has 2 aromatic rings. The zero-order valence-electron chi connectivity index (χ0n) is 17.7. The molecule has 0 saturated carbocycles. The van der Waals surface area contributed by atoms with Gasteiger partial charge in [-0.2, -0.15) is 5.26 Å². The van der Waals surface area contributed by atoms with E-state index >= 15 is 0 Å². The van der Waals surface area contributed by atoms with Crippen LogP contribution in [0.3, 0.4) is 0 Å². The standard InChI is InChI=1S/C23H27N3O3S/c1-4-6-22(28)26-10-9-18-19(13-24)23(30-20(18)14-26)25-21(27)11-15(2)16-7-5-8-17(12-16)29-3/h5,7-8,12,15H,4,6,9-11,14H2,1-3H3,(H,25,27). The maximum atomic E-state index is 12.7. The van der Waals surface area contributed by atoms with Crippen LogP contribution in [-0.4, -0.2) is 30.4 Å². The number of thiophene rings is 1. The van der Waals surface area contributed by atoms with Crippen molar-refractivity contribution >= 4 is 28.2 Å². The minimum atomic E-state index is -0.126. The number of carbonyl (C=O) groups is 2. The molecule has 0 spiro atoms. The number of rotatable bonds is 7. The van der Waals surface area contributed by atoms with Crippen LogP contribution in [0.15, 0.2) is 24.3 Å². The van der Waals surface area contributed by atoms with Gasteiger partial charge >= 0.3 is 0 Å². The molecule has 1 N–H and O–H groups in total. The molecule has 1 atom stereocenters. The topological polar surface area (TPSA) is 82.4 Å². The van der Waals surface area contributed by atoms with E-state index in [1.165, 1.54) is 11.3 Å². The first-order valence-corrected chi connectivity index (χ1v) is 11.0. The number of hydrogen-bond donors (Lipinski definition) is 1. The average molecular weight is 426 g/mol. The van der Waals surface area contributed by atoms with Gasteiger partial charge < -0.3 is 15.0 Å². The van der Waals surface area contributed by atoms with Crippen molar-refractivity contribution in [3.8, 4) is 11.8 Å². The monoisotopic (exact) mass is 425 g/mol. The van der Waals surface area contributed by atoms with Crippen LogP contribution in [0.5, 0.6) is 5.75 Å². The van der Waals surface area contributed by atoms with E-state index in [1.54, 1.807) is 7.11 Å². The van der Waals surface area contributed by atoms with Crippen LogP contribution in [0.1, 0.15) is 60.6 Å². The summed E-state index contributed by atoms with van der Waals surface area (Å²) in [6.07, 6.45) is 2.32. The second-order valence-corrected chi connectivity index (χ2v) is 8.67. The van der Waals surface area contributed by atoms with Crippen molar-refractivity contribution in [2.75, 3.05) is 19.0 Å². The van der Waals surface area contributed by atoms with Gasteiger partial charge in [0.25, 0.3) is 0 Å². The third kappa shape index (κ3) is 4.82. The molecule has 3 rings (SSSR count). The van der Waals surface area contributed by atoms with E-state index in [2.05, 4.69) is 11.4 Å². The van der Waals surface area contributed by atoms with Gasteiger partial charge in [0.2, 0.25) is 11.8 Å². The van der Waals surface area contributed by atoms with Gasteiger partial charge in [-0.15, -0.1) is 11.3 Å². The number of ether oxygens (including phenoxy) is 1. The second kappa shape index (κ2) is 9.77. The van der Waals surface area contributed by atoms with Crippen LogP contribution in [0.4, 0.5) is 5.00 Å². The van der Waals surface area contributed by atoms with Gasteiger partial charge in [-0.05, 0) is 42.0 Å². The first-order valence-electron chi connectivity index (χ1n) is 10.2. The van der Waals surface area contributed by atoms with E-state index in [9.17, 15) is 14.9 Å². The van der Waals surface area contributed by atoms with Crippen molar-refractivity contribution in [3.05, 3.63) is 45.8 Å². The fraction of sp³-hybridized carbons (Fsp3) is 0.435. The molecule has 2 amide bonds. The van der Waals surface area contributed by atoms with E-state index < -0.39 is 0 Å². The van der Waals surface area contributed by atoms with E-state index in [4.69, 9.17) is 4.74 Å². The maximum absolute atomic E-state index is 12.7. The summed E-state index contributed by atoms with van der Waals surface area (Å²) in [5.74, 6) is 0.800. The van der Waals surface area contributed by atoms with Crippen molar-refractivity contribution in [2.45, 2.75) is 52.0 Å². The van der Waals surface area contributed by atoms with Gasteiger partial charge in [0.05, 0.1) is 19.2 Å². The Hall–Kier alpha value is -2.85. The molecular weight excluding hydrogens is 398 g/mol. The molecule has 0 aliphatic carbocycles. The number of nitriles is 1. The smallest absolute Gasteiger partial charge is 0.225 e. The van der Waals surface area contributed by atoms with Crippen LogP contribution in [0, 0.1) is 11.3 Å². The SMILES string of the molecule is CCCC(=O)N1CCc2c(sc(NC(=O)CC(C)c3cccc(OC)c3)c2C#N)C1. The van der Waals surface area contributed by atoms with Crippen molar-refractivity contribution in [2.24, 2.45) is 0 Å². The number of nitrogens with one attached hydrogen (secondary N) is 1. The molecule has 1 aromatic heterocycles. The minimum Gasteiger partial charge on any atom is -0.497 e. The third-order valence-electron chi connectivity index (χ3n) is 5.39. The average Bonchev–Trinajstić information content (AvgIpc) is 3.09. The van der Waals surface area contributed by atoms with Gasteiger partial charge in [0, 0.05) is 24.3 Å². The molecule has 0 saturated heterocycles. The van der Waals surface area contributed by atoms with Gasteiger partial charge in [0.1, 0.15) is 16.8 Å². The van der Waals surface area contributed by atoms with Crippen molar-refractivity contribution in [3.63, 3.8) is 0 Å². The Morgan fingerprint density at radius 2 is 2.20 bits per heavy atom. The number of methoxy groups -OCH3 is 1. The maximum Gasteiger partial charge on any atom is 0.225 e. The number of amides is 2. The highest BCUT2D eigenvalue weighted by Crippen LogP contribution is 2.37. The summed E-state index contributed by atoms with van der Waals surface area (Å²) in [4.78, 5) is 27.8. The summed E-state index contributed by atoms with van der Waals surface area (Å²) in [6.45, 7) is 5.13. The number of carbonyl (C=O) groups excluding carboxylic acids is 2. The first-order chi connectivity index (χ1) is 14.5. The summed E-state index contributed by atoms with van der Waals surface area (Å²) >= 11 is 1.41. The summed E-state index contributed by atoms with van der Waals surface area (Å²) < 4.78 is 5.26. The lowest BCUT2D eigenvalue weighted by Crippen LogP contribution is -2.35. The lowest BCUT2D eigenvalue weighted by atomic mass is 9.97. The van der Waals surface area contributed by atoms with Crippen molar-refractivity contribution in [1.29, 1.82) is 5.26 Å². The third-order valence-corrected chi connectivity index (χ3v) is 6.52. The van der Waals surface area contributed by atoms with E-state index in [0.717, 1.165) is 28.2 Å². The molecular formula is C23H27N3O3S. The Kier molecular flexibility index (Phi) is 7.11. The summed E-state index contributed by atoms with van der Waals surface area (Å²) in [5.41, 5.74) is 2.54. The molecule has 2 heterocycles. The fourth-order valence-corrected chi connectivity index (χ4v) is 4.95. The second-order valence-electron chi connectivity index (χ2n) is 7.56. The number of anilines is 1. The zero-order valence-corrected chi connectivity index (χ0v) is 18.5. The summed E-state index contributed by atoms with van der Waals surface area (Å²) in [5, 5.41) is 13.2. The molecule has 7 heteroatoms. The van der Waals surface area contributed by atoms with Crippen LogP contribution < -0.4 is 10.1 Å². The molecule has 0 fully saturated rings. The quantitative estimate of drug-likeness (QED) is 0.711.